The Kier molecular flexibility index (Phi) is 4.55. The maximum absolute atomic E-state index is 13.0. The second-order valence-corrected chi connectivity index (χ2v) is 6.13. The van der Waals surface area contributed by atoms with Gasteiger partial charge in [-0.15, -0.1) is 0 Å². The summed E-state index contributed by atoms with van der Waals surface area (Å²) in [6.45, 7) is 0.357. The second-order valence-electron chi connectivity index (χ2n) is 6.13. The molecule has 0 amide bonds. The van der Waals surface area contributed by atoms with Crippen molar-refractivity contribution in [3.05, 3.63) is 104 Å². The molecule has 0 saturated heterocycles. The highest BCUT2D eigenvalue weighted by Gasteiger charge is 2.12. The third kappa shape index (κ3) is 3.45. The number of para-hydroxylation sites is 1. The topological polar surface area (TPSA) is 91.2 Å². The molecule has 0 atom stereocenters. The van der Waals surface area contributed by atoms with Gasteiger partial charge in [0.2, 0.25) is 0 Å². The van der Waals surface area contributed by atoms with Crippen LogP contribution in [-0.4, -0.2) is 14.5 Å². The third-order valence-electron chi connectivity index (χ3n) is 4.26. The van der Waals surface area contributed by atoms with Crippen molar-refractivity contribution in [1.29, 1.82) is 0 Å². The van der Waals surface area contributed by atoms with Gasteiger partial charge in [0.25, 0.3) is 5.56 Å². The van der Waals surface area contributed by atoms with Gasteiger partial charge in [-0.2, -0.15) is 0 Å². The smallest absolute Gasteiger partial charge is 0.401 e. The van der Waals surface area contributed by atoms with E-state index in [1.165, 1.54) is 12.1 Å². The van der Waals surface area contributed by atoms with E-state index < -0.39 is 4.92 Å². The molecule has 4 aromatic rings. The minimum absolute atomic E-state index is 0.153. The van der Waals surface area contributed by atoms with Crippen LogP contribution < -0.4 is 5.56 Å². The Morgan fingerprint density at radius 3 is 2.50 bits per heavy atom. The van der Waals surface area contributed by atoms with Gasteiger partial charge in [0.05, 0.1) is 23.5 Å². The van der Waals surface area contributed by atoms with E-state index in [9.17, 15) is 14.9 Å². The predicted molar refractivity (Wildman–Crippen MR) is 106 cm³/mol. The lowest BCUT2D eigenvalue weighted by Gasteiger charge is -2.11. The molecular weight excluding hydrogens is 358 g/mol. The Morgan fingerprint density at radius 2 is 1.75 bits per heavy atom. The summed E-state index contributed by atoms with van der Waals surface area (Å²) in [7, 11) is 0. The lowest BCUT2D eigenvalue weighted by molar-refractivity contribution is -0.402. The number of nitrogens with zero attached hydrogens (tertiary/aromatic N) is 3. The molecule has 4 rings (SSSR count). The third-order valence-corrected chi connectivity index (χ3v) is 4.26. The first-order chi connectivity index (χ1) is 13.6. The molecule has 0 aliphatic heterocycles. The number of furan rings is 1. The minimum atomic E-state index is -0.600. The highest BCUT2D eigenvalue weighted by atomic mass is 16.6. The lowest BCUT2D eigenvalue weighted by atomic mass is 10.2. The van der Waals surface area contributed by atoms with E-state index in [1.54, 1.807) is 34.9 Å². The summed E-state index contributed by atoms with van der Waals surface area (Å²) < 4.78 is 6.72. The fourth-order valence-electron chi connectivity index (χ4n) is 2.92. The average Bonchev–Trinajstić information content (AvgIpc) is 3.19. The Balaban J connectivity index is 1.80. The number of fused-ring (bicyclic) bond motifs is 1. The monoisotopic (exact) mass is 373 g/mol. The van der Waals surface area contributed by atoms with Crippen LogP contribution >= 0.6 is 0 Å². The summed E-state index contributed by atoms with van der Waals surface area (Å²) in [5, 5.41) is 11.3. The molecular formula is C21H15N3O4. The zero-order valence-corrected chi connectivity index (χ0v) is 14.7. The average molecular weight is 373 g/mol. The van der Waals surface area contributed by atoms with Crippen LogP contribution in [0.1, 0.15) is 17.1 Å². The summed E-state index contributed by atoms with van der Waals surface area (Å²) in [4.78, 5) is 27.8. The van der Waals surface area contributed by atoms with Gasteiger partial charge in [0, 0.05) is 0 Å². The number of rotatable bonds is 5. The molecule has 7 heteroatoms. The zero-order chi connectivity index (χ0) is 19.5. The molecule has 0 bridgehead atoms. The van der Waals surface area contributed by atoms with Crippen LogP contribution in [0.25, 0.3) is 23.1 Å². The first kappa shape index (κ1) is 17.4. The van der Waals surface area contributed by atoms with E-state index in [1.807, 2.05) is 36.4 Å². The number of nitro groups is 1. The first-order valence-corrected chi connectivity index (χ1v) is 8.57. The van der Waals surface area contributed by atoms with Gasteiger partial charge in [-0.25, -0.2) is 4.98 Å². The van der Waals surface area contributed by atoms with Crippen molar-refractivity contribution < 1.29 is 9.34 Å². The fraction of sp³-hybridized carbons (Fsp3) is 0.0476. The molecule has 28 heavy (non-hydrogen) atoms. The van der Waals surface area contributed by atoms with Crippen molar-refractivity contribution in [3.8, 4) is 0 Å². The van der Waals surface area contributed by atoms with Crippen molar-refractivity contribution in [1.82, 2.24) is 9.55 Å². The molecule has 2 aromatic heterocycles. The zero-order valence-electron chi connectivity index (χ0n) is 14.7. The van der Waals surface area contributed by atoms with Gasteiger partial charge >= 0.3 is 5.88 Å². The van der Waals surface area contributed by atoms with E-state index in [-0.39, 0.29) is 11.4 Å². The first-order valence-electron chi connectivity index (χ1n) is 8.57. The van der Waals surface area contributed by atoms with E-state index in [4.69, 9.17) is 4.42 Å². The lowest BCUT2D eigenvalue weighted by Crippen LogP contribution is -2.24. The molecule has 0 aliphatic rings. The maximum Gasteiger partial charge on any atom is 0.433 e. The molecule has 0 N–H and O–H groups in total. The number of hydrogen-bond donors (Lipinski definition) is 0. The van der Waals surface area contributed by atoms with Crippen molar-refractivity contribution in [2.24, 2.45) is 0 Å². The summed E-state index contributed by atoms with van der Waals surface area (Å²) in [6, 6.07) is 19.5. The number of benzene rings is 2. The van der Waals surface area contributed by atoms with Gasteiger partial charge in [-0.1, -0.05) is 42.5 Å². The minimum Gasteiger partial charge on any atom is -0.401 e. The molecule has 2 heterocycles. The van der Waals surface area contributed by atoms with Crippen LogP contribution in [0.4, 0.5) is 5.88 Å². The Labute approximate surface area is 159 Å². The summed E-state index contributed by atoms with van der Waals surface area (Å²) in [5.74, 6) is 0.403. The van der Waals surface area contributed by atoms with Gasteiger partial charge in [-0.3, -0.25) is 19.5 Å². The van der Waals surface area contributed by atoms with Crippen molar-refractivity contribution >= 4 is 28.9 Å². The molecule has 0 aliphatic carbocycles. The molecule has 2 aromatic carbocycles. The molecule has 138 valence electrons. The van der Waals surface area contributed by atoms with Crippen molar-refractivity contribution in [3.63, 3.8) is 0 Å². The summed E-state index contributed by atoms with van der Waals surface area (Å²) >= 11 is 0. The van der Waals surface area contributed by atoms with Crippen LogP contribution in [0, 0.1) is 10.1 Å². The molecule has 0 fully saturated rings. The molecule has 7 nitrogen and oxygen atoms in total. The highest BCUT2D eigenvalue weighted by Crippen LogP contribution is 2.18. The Morgan fingerprint density at radius 1 is 1.00 bits per heavy atom. The van der Waals surface area contributed by atoms with Crippen molar-refractivity contribution in [2.45, 2.75) is 6.54 Å². The molecule has 0 radical (unpaired) electrons. The van der Waals surface area contributed by atoms with Crippen LogP contribution in [0.5, 0.6) is 0 Å². The SMILES string of the molecule is O=c1c2ccccc2nc(C=Cc2ccc([N+](=O)[O-])o2)n1Cc1ccccc1. The predicted octanol–water partition coefficient (Wildman–Crippen LogP) is 4.12. The Hall–Kier alpha value is -4.00. The second kappa shape index (κ2) is 7.32. The molecule has 0 unspecified atom stereocenters. The molecule has 0 saturated carbocycles. The molecule has 0 spiro atoms. The maximum atomic E-state index is 13.0. The van der Waals surface area contributed by atoms with Gasteiger partial charge in [0.1, 0.15) is 16.5 Å². The van der Waals surface area contributed by atoms with E-state index in [0.717, 1.165) is 5.56 Å². The van der Waals surface area contributed by atoms with Crippen LogP contribution in [0.3, 0.4) is 0 Å². The van der Waals surface area contributed by atoms with E-state index in [2.05, 4.69) is 4.98 Å². The Bertz CT molecular complexity index is 1240. The van der Waals surface area contributed by atoms with Gasteiger partial charge in [0.15, 0.2) is 0 Å². The van der Waals surface area contributed by atoms with Crippen LogP contribution in [0.15, 0.2) is 75.9 Å². The quantitative estimate of drug-likeness (QED) is 0.388. The number of aromatic nitrogens is 2. The van der Waals surface area contributed by atoms with E-state index >= 15 is 0 Å². The van der Waals surface area contributed by atoms with Gasteiger partial charge in [-0.05, 0) is 35.9 Å². The summed E-state index contributed by atoms with van der Waals surface area (Å²) in [5.41, 5.74) is 1.39. The number of hydrogen-bond acceptors (Lipinski definition) is 5. The fourth-order valence-corrected chi connectivity index (χ4v) is 2.92. The normalized spacial score (nSPS) is 11.3. The van der Waals surface area contributed by atoms with Crippen molar-refractivity contribution in [2.75, 3.05) is 0 Å². The van der Waals surface area contributed by atoms with Crippen LogP contribution in [0.2, 0.25) is 0 Å². The highest BCUT2D eigenvalue weighted by molar-refractivity contribution is 5.79. The van der Waals surface area contributed by atoms with E-state index in [0.29, 0.717) is 29.0 Å². The summed E-state index contributed by atoms with van der Waals surface area (Å²) in [6.07, 6.45) is 3.18. The standard InChI is InChI=1S/C21H15N3O4/c25-21-17-8-4-5-9-18(17)22-19(23(21)14-15-6-2-1-3-7-15)12-10-16-11-13-20(28-16)24(26)27/h1-13H,14H2. The van der Waals surface area contributed by atoms with Crippen LogP contribution in [-0.2, 0) is 6.54 Å². The largest absolute Gasteiger partial charge is 0.433 e. The van der Waals surface area contributed by atoms with Gasteiger partial charge < -0.3 is 4.42 Å².